The van der Waals surface area contributed by atoms with Crippen LogP contribution in [0, 0.1) is 0 Å². The molecule has 1 heterocycles. The number of hydrogen-bond acceptors (Lipinski definition) is 6. The monoisotopic (exact) mass is 527 g/mol. The fourth-order valence-electron chi connectivity index (χ4n) is 3.08. The van der Waals surface area contributed by atoms with Gasteiger partial charge in [0.1, 0.15) is 11.5 Å². The van der Waals surface area contributed by atoms with Crippen LogP contribution in [0.15, 0.2) is 76.8 Å². The van der Waals surface area contributed by atoms with Crippen LogP contribution in [0.1, 0.15) is 11.1 Å². The van der Waals surface area contributed by atoms with Gasteiger partial charge in [-0.1, -0.05) is 47.5 Å². The van der Waals surface area contributed by atoms with E-state index in [4.69, 9.17) is 32.7 Å². The molecule has 2 N–H and O–H groups in total. The zero-order valence-corrected chi connectivity index (χ0v) is 20.7. The molecule has 0 fully saturated rings. The topological polar surface area (TPSA) is 97.3 Å². The number of aromatic amines is 1. The molecule has 3 aromatic carbocycles. The number of thioether (sulfide) groups is 1. The van der Waals surface area contributed by atoms with Crippen molar-refractivity contribution in [3.05, 3.63) is 92.8 Å². The zero-order chi connectivity index (χ0) is 24.8. The predicted octanol–water partition coefficient (Wildman–Crippen LogP) is 6.58. The molecule has 0 saturated heterocycles. The first-order valence-corrected chi connectivity index (χ1v) is 11.9. The van der Waals surface area contributed by atoms with Crippen LogP contribution in [0.5, 0.6) is 11.5 Å². The van der Waals surface area contributed by atoms with Gasteiger partial charge in [0.05, 0.1) is 7.11 Å². The van der Waals surface area contributed by atoms with Crippen LogP contribution in [0.3, 0.4) is 0 Å². The summed E-state index contributed by atoms with van der Waals surface area (Å²) in [7, 11) is 1.52. The van der Waals surface area contributed by atoms with Crippen molar-refractivity contribution >= 4 is 47.0 Å². The molecule has 0 unspecified atom stereocenters. The summed E-state index contributed by atoms with van der Waals surface area (Å²) < 4.78 is 11.3. The van der Waals surface area contributed by atoms with Gasteiger partial charge in [-0.3, -0.25) is 5.10 Å². The number of aliphatic carboxylic acids is 1. The lowest BCUT2D eigenvalue weighted by molar-refractivity contribution is -0.131. The van der Waals surface area contributed by atoms with Gasteiger partial charge in [-0.05, 0) is 65.9 Å². The molecule has 0 aliphatic rings. The number of carboxylic acids is 1. The molecule has 0 atom stereocenters. The third-order valence-electron chi connectivity index (χ3n) is 4.82. The molecule has 4 aromatic rings. The fourth-order valence-corrected chi connectivity index (χ4v) is 4.10. The third-order valence-corrected chi connectivity index (χ3v) is 6.32. The van der Waals surface area contributed by atoms with Crippen LogP contribution in [0.4, 0.5) is 0 Å². The second-order valence-electron chi connectivity index (χ2n) is 7.18. The van der Waals surface area contributed by atoms with Gasteiger partial charge in [-0.2, -0.15) is 0 Å². The molecule has 7 nitrogen and oxygen atoms in total. The van der Waals surface area contributed by atoms with Crippen molar-refractivity contribution in [3.8, 4) is 22.9 Å². The summed E-state index contributed by atoms with van der Waals surface area (Å²) in [6.07, 6.45) is 1.52. The van der Waals surface area contributed by atoms with Gasteiger partial charge < -0.3 is 14.6 Å². The number of rotatable bonds is 9. The first-order chi connectivity index (χ1) is 16.9. The molecule has 10 heteroatoms. The maximum absolute atomic E-state index is 11.9. The molecule has 0 saturated carbocycles. The molecular weight excluding hydrogens is 509 g/mol. The van der Waals surface area contributed by atoms with E-state index in [0.717, 1.165) is 22.9 Å². The van der Waals surface area contributed by atoms with E-state index in [1.165, 1.54) is 13.2 Å². The molecule has 0 spiro atoms. The van der Waals surface area contributed by atoms with E-state index in [-0.39, 0.29) is 16.7 Å². The molecule has 35 heavy (non-hydrogen) atoms. The highest BCUT2D eigenvalue weighted by Crippen LogP contribution is 2.33. The Kier molecular flexibility index (Phi) is 7.97. The predicted molar refractivity (Wildman–Crippen MR) is 137 cm³/mol. The highest BCUT2D eigenvalue weighted by Gasteiger charge is 2.15. The van der Waals surface area contributed by atoms with E-state index in [0.29, 0.717) is 32.9 Å². The zero-order valence-electron chi connectivity index (χ0n) is 18.4. The lowest BCUT2D eigenvalue weighted by Gasteiger charge is -2.12. The van der Waals surface area contributed by atoms with Crippen molar-refractivity contribution in [2.45, 2.75) is 11.8 Å². The van der Waals surface area contributed by atoms with Crippen molar-refractivity contribution in [3.63, 3.8) is 0 Å². The van der Waals surface area contributed by atoms with Gasteiger partial charge in [0.25, 0.3) is 0 Å². The number of carbonyl (C=O) groups is 1. The number of benzene rings is 3. The van der Waals surface area contributed by atoms with Gasteiger partial charge in [-0.25, -0.2) is 9.78 Å². The molecule has 0 aliphatic carbocycles. The van der Waals surface area contributed by atoms with Gasteiger partial charge in [0, 0.05) is 21.2 Å². The Bertz CT molecular complexity index is 1370. The Labute approximate surface area is 215 Å². The molecule has 0 bridgehead atoms. The van der Waals surface area contributed by atoms with Crippen LogP contribution in [-0.2, 0) is 11.4 Å². The quantitative estimate of drug-likeness (QED) is 0.187. The normalized spacial score (nSPS) is 11.3. The van der Waals surface area contributed by atoms with Crippen molar-refractivity contribution in [2.24, 2.45) is 0 Å². The largest absolute Gasteiger partial charge is 0.493 e. The number of nitrogens with zero attached hydrogens (tertiary/aromatic N) is 2. The second-order valence-corrected chi connectivity index (χ2v) is 9.03. The number of H-pyrrole nitrogens is 1. The van der Waals surface area contributed by atoms with Crippen LogP contribution in [0.2, 0.25) is 10.0 Å². The van der Waals surface area contributed by atoms with Gasteiger partial charge in [0.15, 0.2) is 17.3 Å². The van der Waals surface area contributed by atoms with Crippen molar-refractivity contribution < 1.29 is 19.4 Å². The smallest absolute Gasteiger partial charge is 0.342 e. The summed E-state index contributed by atoms with van der Waals surface area (Å²) >= 11 is 13.0. The van der Waals surface area contributed by atoms with Crippen molar-refractivity contribution in [1.29, 1.82) is 0 Å². The lowest BCUT2D eigenvalue weighted by Crippen LogP contribution is -1.99. The Morgan fingerprint density at radius 3 is 2.57 bits per heavy atom. The number of carboxylic acid groups (broad SMARTS) is 1. The van der Waals surface area contributed by atoms with Gasteiger partial charge in [-0.15, -0.1) is 5.10 Å². The van der Waals surface area contributed by atoms with Crippen LogP contribution < -0.4 is 9.47 Å². The minimum atomic E-state index is -1.11. The Morgan fingerprint density at radius 2 is 1.86 bits per heavy atom. The fraction of sp³-hybridized carbons (Fsp3) is 0.0800. The SMILES string of the molecule is COc1cc(/C=C(\Sc2n[nH]c(-c3ccc(Cl)cc3)n2)C(=O)O)ccc1OCc1ccccc1Cl. The number of nitrogens with one attached hydrogen (secondary N) is 1. The number of ether oxygens (including phenoxy) is 2. The maximum atomic E-state index is 11.9. The molecule has 1 aromatic heterocycles. The minimum Gasteiger partial charge on any atom is -0.493 e. The van der Waals surface area contributed by atoms with E-state index < -0.39 is 5.97 Å². The molecule has 0 amide bonds. The Hall–Kier alpha value is -3.46. The van der Waals surface area contributed by atoms with Crippen LogP contribution in [0.25, 0.3) is 17.5 Å². The van der Waals surface area contributed by atoms with E-state index in [9.17, 15) is 9.90 Å². The van der Waals surface area contributed by atoms with E-state index in [1.54, 1.807) is 48.5 Å². The summed E-state index contributed by atoms with van der Waals surface area (Å²) in [5.41, 5.74) is 2.24. The van der Waals surface area contributed by atoms with E-state index >= 15 is 0 Å². The number of halogens is 2. The van der Waals surface area contributed by atoms with E-state index in [1.807, 2.05) is 18.2 Å². The summed E-state index contributed by atoms with van der Waals surface area (Å²) in [6, 6.07) is 19.6. The number of hydrogen-bond donors (Lipinski definition) is 2. The maximum Gasteiger partial charge on any atom is 0.342 e. The summed E-state index contributed by atoms with van der Waals surface area (Å²) in [5, 5.41) is 18.2. The molecule has 178 valence electrons. The number of methoxy groups -OCH3 is 1. The highest BCUT2D eigenvalue weighted by molar-refractivity contribution is 8.04. The summed E-state index contributed by atoms with van der Waals surface area (Å²) in [6.45, 7) is 0.266. The number of aromatic nitrogens is 3. The van der Waals surface area contributed by atoms with Gasteiger partial charge in [0.2, 0.25) is 5.16 Å². The average Bonchev–Trinajstić information content (AvgIpc) is 3.32. The second kappa shape index (κ2) is 11.3. The third kappa shape index (κ3) is 6.36. The standard InChI is InChI=1S/C25H19Cl2N3O4S/c1-33-21-12-15(6-11-20(21)34-14-17-4-2-3-5-19(17)27)13-22(24(31)32)35-25-28-23(29-30-25)16-7-9-18(26)10-8-16/h2-13H,14H2,1H3,(H,31,32)(H,28,29,30)/b22-13-. The van der Waals surface area contributed by atoms with E-state index in [2.05, 4.69) is 15.2 Å². The van der Waals surface area contributed by atoms with Crippen LogP contribution >= 0.6 is 35.0 Å². The Balaban J connectivity index is 1.51. The van der Waals surface area contributed by atoms with Crippen molar-refractivity contribution in [2.75, 3.05) is 7.11 Å². The molecule has 0 radical (unpaired) electrons. The minimum absolute atomic E-state index is 0.0402. The highest BCUT2D eigenvalue weighted by atomic mass is 35.5. The molecule has 0 aliphatic heterocycles. The molecular formula is C25H19Cl2N3O4S. The lowest BCUT2D eigenvalue weighted by atomic mass is 10.2. The van der Waals surface area contributed by atoms with Gasteiger partial charge >= 0.3 is 5.97 Å². The summed E-state index contributed by atoms with van der Waals surface area (Å²) in [4.78, 5) is 16.3. The van der Waals surface area contributed by atoms with Crippen molar-refractivity contribution in [1.82, 2.24) is 15.2 Å². The first-order valence-electron chi connectivity index (χ1n) is 10.3. The van der Waals surface area contributed by atoms with Crippen LogP contribution in [-0.4, -0.2) is 33.4 Å². The summed E-state index contributed by atoms with van der Waals surface area (Å²) in [5.74, 6) is 0.376. The first kappa shape index (κ1) is 24.7. The Morgan fingerprint density at radius 1 is 1.09 bits per heavy atom. The molecule has 4 rings (SSSR count). The average molecular weight is 528 g/mol.